The molecule has 0 bridgehead atoms. The Morgan fingerprint density at radius 3 is 2.52 bits per heavy atom. The number of fused-ring (bicyclic) bond motifs is 1. The summed E-state index contributed by atoms with van der Waals surface area (Å²) < 4.78 is 6.24. The van der Waals surface area contributed by atoms with Gasteiger partial charge in [0.05, 0.1) is 0 Å². The van der Waals surface area contributed by atoms with E-state index in [4.69, 9.17) is 4.74 Å². The van der Waals surface area contributed by atoms with Crippen LogP contribution in [0.1, 0.15) is 56.4 Å². The predicted octanol–water partition coefficient (Wildman–Crippen LogP) is 4.05. The average molecular weight is 370 g/mol. The third kappa shape index (κ3) is 4.13. The maximum Gasteiger partial charge on any atom is 0.270 e. The summed E-state index contributed by atoms with van der Waals surface area (Å²) in [4.78, 5) is 20.5. The predicted molar refractivity (Wildman–Crippen MR) is 108 cm³/mol. The number of benzene rings is 1. The summed E-state index contributed by atoms with van der Waals surface area (Å²) >= 11 is 0. The van der Waals surface area contributed by atoms with Crippen molar-refractivity contribution in [3.8, 4) is 5.75 Å². The van der Waals surface area contributed by atoms with Gasteiger partial charge in [-0.15, -0.1) is 0 Å². The molecular formula is C22H31N3O2. The second-order valence-electron chi connectivity index (χ2n) is 8.23. The fourth-order valence-electron chi connectivity index (χ4n) is 4.27. The fourth-order valence-corrected chi connectivity index (χ4v) is 4.27. The van der Waals surface area contributed by atoms with Crippen molar-refractivity contribution in [1.82, 2.24) is 14.8 Å². The first-order valence-corrected chi connectivity index (χ1v) is 10.4. The van der Waals surface area contributed by atoms with Gasteiger partial charge >= 0.3 is 0 Å². The van der Waals surface area contributed by atoms with Gasteiger partial charge < -0.3 is 19.5 Å². The van der Waals surface area contributed by atoms with Crippen LogP contribution in [0.25, 0.3) is 10.9 Å². The highest BCUT2D eigenvalue weighted by Gasteiger charge is 2.23. The van der Waals surface area contributed by atoms with Crippen molar-refractivity contribution in [2.24, 2.45) is 0 Å². The third-order valence-electron chi connectivity index (χ3n) is 5.98. The molecule has 0 saturated carbocycles. The number of nitrogens with one attached hydrogen (secondary N) is 1. The Hall–Kier alpha value is -2.01. The first-order valence-electron chi connectivity index (χ1n) is 10.4. The van der Waals surface area contributed by atoms with Crippen molar-refractivity contribution < 1.29 is 9.53 Å². The molecule has 27 heavy (non-hydrogen) atoms. The largest absolute Gasteiger partial charge is 0.490 e. The quantitative estimate of drug-likeness (QED) is 0.885. The summed E-state index contributed by atoms with van der Waals surface area (Å²) in [6.45, 7) is 8.45. The van der Waals surface area contributed by atoms with Crippen LogP contribution in [0.4, 0.5) is 0 Å². The second kappa shape index (κ2) is 7.93. The standard InChI is InChI=1S/C22H31N3O2/c1-16(2)24-12-8-18(9-13-24)27-19-6-7-20-17(14-19)15-21(23-20)22(26)25-10-4-3-5-11-25/h6-7,14-16,18,23H,3-5,8-13H2,1-2H3. The number of hydrogen-bond acceptors (Lipinski definition) is 3. The average Bonchev–Trinajstić information content (AvgIpc) is 3.12. The summed E-state index contributed by atoms with van der Waals surface area (Å²) in [6, 6.07) is 8.69. The van der Waals surface area contributed by atoms with Crippen LogP contribution in [0.3, 0.4) is 0 Å². The van der Waals surface area contributed by atoms with E-state index in [1.807, 2.05) is 23.1 Å². The van der Waals surface area contributed by atoms with Crippen LogP contribution in [0.15, 0.2) is 24.3 Å². The van der Waals surface area contributed by atoms with Gasteiger partial charge in [-0.3, -0.25) is 4.79 Å². The summed E-state index contributed by atoms with van der Waals surface area (Å²) in [6.07, 6.45) is 5.88. The molecule has 1 aromatic heterocycles. The minimum Gasteiger partial charge on any atom is -0.490 e. The number of carbonyl (C=O) groups excluding carboxylic acids is 1. The minimum absolute atomic E-state index is 0.120. The Kier molecular flexibility index (Phi) is 5.39. The van der Waals surface area contributed by atoms with Crippen LogP contribution in [-0.2, 0) is 0 Å². The highest BCUT2D eigenvalue weighted by Crippen LogP contribution is 2.26. The van der Waals surface area contributed by atoms with Crippen LogP contribution < -0.4 is 4.74 Å². The number of piperidine rings is 2. The Labute approximate surface area is 161 Å². The lowest BCUT2D eigenvalue weighted by Gasteiger charge is -2.34. The van der Waals surface area contributed by atoms with E-state index in [9.17, 15) is 4.79 Å². The Morgan fingerprint density at radius 1 is 1.07 bits per heavy atom. The lowest BCUT2D eigenvalue weighted by atomic mass is 10.1. The van der Waals surface area contributed by atoms with Gasteiger partial charge in [0.2, 0.25) is 0 Å². The van der Waals surface area contributed by atoms with Crippen molar-refractivity contribution in [2.75, 3.05) is 26.2 Å². The molecule has 1 amide bonds. The molecule has 0 spiro atoms. The third-order valence-corrected chi connectivity index (χ3v) is 5.98. The molecule has 3 heterocycles. The number of aromatic amines is 1. The molecule has 2 aromatic rings. The SMILES string of the molecule is CC(C)N1CCC(Oc2ccc3[nH]c(C(=O)N4CCCCC4)cc3c2)CC1. The van der Waals surface area contributed by atoms with E-state index in [0.717, 1.165) is 68.5 Å². The summed E-state index contributed by atoms with van der Waals surface area (Å²) in [5.41, 5.74) is 1.69. The maximum absolute atomic E-state index is 12.7. The molecule has 0 unspecified atom stereocenters. The minimum atomic E-state index is 0.120. The lowest BCUT2D eigenvalue weighted by Crippen LogP contribution is -2.41. The molecule has 2 saturated heterocycles. The number of ether oxygens (including phenoxy) is 1. The molecule has 1 aromatic carbocycles. The summed E-state index contributed by atoms with van der Waals surface area (Å²) in [7, 11) is 0. The van der Waals surface area contributed by atoms with E-state index in [2.05, 4.69) is 29.8 Å². The van der Waals surface area contributed by atoms with E-state index in [0.29, 0.717) is 11.7 Å². The topological polar surface area (TPSA) is 48.6 Å². The van der Waals surface area contributed by atoms with Crippen LogP contribution in [0.2, 0.25) is 0 Å². The number of amides is 1. The molecule has 146 valence electrons. The lowest BCUT2D eigenvalue weighted by molar-refractivity contribution is 0.0719. The number of carbonyl (C=O) groups is 1. The van der Waals surface area contributed by atoms with E-state index in [-0.39, 0.29) is 12.0 Å². The second-order valence-corrected chi connectivity index (χ2v) is 8.23. The van der Waals surface area contributed by atoms with Crippen LogP contribution in [0.5, 0.6) is 5.75 Å². The van der Waals surface area contributed by atoms with Gasteiger partial charge in [0.1, 0.15) is 17.5 Å². The molecule has 1 N–H and O–H groups in total. The number of hydrogen-bond donors (Lipinski definition) is 1. The number of rotatable bonds is 4. The number of aromatic nitrogens is 1. The van der Waals surface area contributed by atoms with Gasteiger partial charge in [-0.05, 0) is 70.2 Å². The van der Waals surface area contributed by atoms with Crippen LogP contribution >= 0.6 is 0 Å². The van der Waals surface area contributed by atoms with Crippen molar-refractivity contribution in [2.45, 2.75) is 58.1 Å². The van der Waals surface area contributed by atoms with Crippen molar-refractivity contribution in [1.29, 1.82) is 0 Å². The van der Waals surface area contributed by atoms with Crippen LogP contribution in [0, 0.1) is 0 Å². The van der Waals surface area contributed by atoms with Crippen molar-refractivity contribution in [3.05, 3.63) is 30.0 Å². The van der Waals surface area contributed by atoms with E-state index < -0.39 is 0 Å². The van der Waals surface area contributed by atoms with E-state index in [1.54, 1.807) is 0 Å². The zero-order chi connectivity index (χ0) is 18.8. The van der Waals surface area contributed by atoms with Gasteiger partial charge in [-0.2, -0.15) is 0 Å². The Morgan fingerprint density at radius 2 is 1.81 bits per heavy atom. The van der Waals surface area contributed by atoms with Gasteiger partial charge in [-0.1, -0.05) is 0 Å². The van der Waals surface area contributed by atoms with Gasteiger partial charge in [0.25, 0.3) is 5.91 Å². The van der Waals surface area contributed by atoms with Crippen molar-refractivity contribution >= 4 is 16.8 Å². The van der Waals surface area contributed by atoms with E-state index >= 15 is 0 Å². The molecule has 2 aliphatic heterocycles. The van der Waals surface area contributed by atoms with Gasteiger partial charge in [0, 0.05) is 43.1 Å². The van der Waals surface area contributed by atoms with Crippen LogP contribution in [-0.4, -0.2) is 59.0 Å². The zero-order valence-electron chi connectivity index (χ0n) is 16.5. The fraction of sp³-hybridized carbons (Fsp3) is 0.591. The highest BCUT2D eigenvalue weighted by atomic mass is 16.5. The van der Waals surface area contributed by atoms with Gasteiger partial charge in [-0.25, -0.2) is 0 Å². The molecule has 5 heteroatoms. The first kappa shape index (κ1) is 18.4. The molecule has 2 fully saturated rings. The molecular weight excluding hydrogens is 338 g/mol. The number of H-pyrrole nitrogens is 1. The molecule has 0 aliphatic carbocycles. The maximum atomic E-state index is 12.7. The zero-order valence-corrected chi connectivity index (χ0v) is 16.5. The number of likely N-dealkylation sites (tertiary alicyclic amines) is 2. The Balaban J connectivity index is 1.43. The summed E-state index contributed by atoms with van der Waals surface area (Å²) in [5.74, 6) is 1.02. The number of nitrogens with zero attached hydrogens (tertiary/aromatic N) is 2. The summed E-state index contributed by atoms with van der Waals surface area (Å²) in [5, 5.41) is 1.05. The molecule has 2 aliphatic rings. The smallest absolute Gasteiger partial charge is 0.270 e. The molecule has 0 radical (unpaired) electrons. The van der Waals surface area contributed by atoms with E-state index in [1.165, 1.54) is 6.42 Å². The normalized spacial score (nSPS) is 19.7. The molecule has 4 rings (SSSR count). The molecule has 0 atom stereocenters. The van der Waals surface area contributed by atoms with Crippen molar-refractivity contribution in [3.63, 3.8) is 0 Å². The highest BCUT2D eigenvalue weighted by molar-refractivity contribution is 5.98. The first-order chi connectivity index (χ1) is 13.1. The Bertz CT molecular complexity index is 784. The van der Waals surface area contributed by atoms with Gasteiger partial charge in [0.15, 0.2) is 0 Å². The monoisotopic (exact) mass is 369 g/mol. The molecule has 5 nitrogen and oxygen atoms in total.